The number of nitrogens with zero attached hydrogens (tertiary/aromatic N) is 2. The van der Waals surface area contributed by atoms with Crippen LogP contribution in [0.1, 0.15) is 40.9 Å². The first-order valence-electron chi connectivity index (χ1n) is 7.56. The molecule has 1 unspecified atom stereocenters. The second kappa shape index (κ2) is 5.83. The summed E-state index contributed by atoms with van der Waals surface area (Å²) in [5.41, 5.74) is 2.06. The van der Waals surface area contributed by atoms with Crippen molar-refractivity contribution in [3.8, 4) is 5.75 Å². The molecule has 0 fully saturated rings. The molecule has 0 amide bonds. The van der Waals surface area contributed by atoms with Gasteiger partial charge in [0.2, 0.25) is 0 Å². The first kappa shape index (κ1) is 14.6. The number of benzene rings is 1. The van der Waals surface area contributed by atoms with Gasteiger partial charge in [-0.15, -0.1) is 0 Å². The van der Waals surface area contributed by atoms with E-state index in [1.807, 2.05) is 35.8 Å². The number of aryl methyl sites for hydroxylation is 1. The molecule has 0 saturated heterocycles. The molecule has 1 aliphatic heterocycles. The van der Waals surface area contributed by atoms with Crippen LogP contribution in [0.15, 0.2) is 24.3 Å². The average molecular weight is 300 g/mol. The third kappa shape index (κ3) is 2.71. The largest absolute Gasteiger partial charge is 0.485 e. The summed E-state index contributed by atoms with van der Waals surface area (Å²) in [6, 6.07) is 7.79. The van der Waals surface area contributed by atoms with Crippen molar-refractivity contribution in [1.29, 1.82) is 0 Å². The maximum absolute atomic E-state index is 11.4. The lowest BCUT2D eigenvalue weighted by Crippen LogP contribution is -2.20. The highest BCUT2D eigenvalue weighted by Gasteiger charge is 2.26. The van der Waals surface area contributed by atoms with Gasteiger partial charge >= 0.3 is 5.97 Å². The van der Waals surface area contributed by atoms with Gasteiger partial charge in [-0.3, -0.25) is 0 Å². The summed E-state index contributed by atoms with van der Waals surface area (Å²) >= 11 is 0. The van der Waals surface area contributed by atoms with Crippen molar-refractivity contribution in [1.82, 2.24) is 9.55 Å². The van der Waals surface area contributed by atoms with Crippen molar-refractivity contribution in [2.75, 3.05) is 0 Å². The number of carbonyl (C=O) groups is 1. The molecular weight excluding hydrogens is 280 g/mol. The zero-order valence-electron chi connectivity index (χ0n) is 12.9. The molecule has 1 aromatic carbocycles. The van der Waals surface area contributed by atoms with E-state index in [0.29, 0.717) is 18.3 Å². The quantitative estimate of drug-likeness (QED) is 0.942. The van der Waals surface area contributed by atoms with E-state index >= 15 is 0 Å². The number of carboxylic acid groups (broad SMARTS) is 1. The van der Waals surface area contributed by atoms with Crippen LogP contribution >= 0.6 is 0 Å². The van der Waals surface area contributed by atoms with Crippen LogP contribution < -0.4 is 4.74 Å². The van der Waals surface area contributed by atoms with Gasteiger partial charge in [0.05, 0.1) is 5.69 Å². The summed E-state index contributed by atoms with van der Waals surface area (Å²) < 4.78 is 7.85. The van der Waals surface area contributed by atoms with Crippen molar-refractivity contribution in [3.63, 3.8) is 0 Å². The Labute approximate surface area is 129 Å². The topological polar surface area (TPSA) is 64.3 Å². The van der Waals surface area contributed by atoms with Crippen LogP contribution in [-0.4, -0.2) is 20.6 Å². The van der Waals surface area contributed by atoms with Crippen LogP contribution in [0.5, 0.6) is 5.75 Å². The molecule has 5 nitrogen and oxygen atoms in total. The van der Waals surface area contributed by atoms with Gasteiger partial charge < -0.3 is 14.4 Å². The lowest BCUT2D eigenvalue weighted by Gasteiger charge is -2.22. The minimum Gasteiger partial charge on any atom is -0.485 e. The van der Waals surface area contributed by atoms with E-state index in [1.165, 1.54) is 0 Å². The van der Waals surface area contributed by atoms with Gasteiger partial charge in [0.15, 0.2) is 5.69 Å². The Morgan fingerprint density at radius 1 is 1.45 bits per heavy atom. The van der Waals surface area contributed by atoms with Crippen LogP contribution in [0.2, 0.25) is 0 Å². The molecule has 1 aliphatic rings. The Morgan fingerprint density at radius 2 is 2.23 bits per heavy atom. The molecule has 0 spiro atoms. The van der Waals surface area contributed by atoms with Crippen molar-refractivity contribution < 1.29 is 14.6 Å². The van der Waals surface area contributed by atoms with Crippen molar-refractivity contribution >= 4 is 5.97 Å². The number of hydrogen-bond acceptors (Lipinski definition) is 3. The molecule has 22 heavy (non-hydrogen) atoms. The second-order valence-corrected chi connectivity index (χ2v) is 5.93. The standard InChI is InChI=1S/C17H20N2O3/c1-11-7-8-19-13(9-11)16(17(20)21)18-15(19)10-22-14-6-4-3-5-12(14)2/h3-6,11H,7-10H2,1-2H3,(H,20,21). The summed E-state index contributed by atoms with van der Waals surface area (Å²) in [5, 5.41) is 9.35. The Bertz CT molecular complexity index is 706. The molecule has 0 aliphatic carbocycles. The van der Waals surface area contributed by atoms with E-state index < -0.39 is 5.97 Å². The summed E-state index contributed by atoms with van der Waals surface area (Å²) in [7, 11) is 0. The van der Waals surface area contributed by atoms with Gasteiger partial charge in [-0.1, -0.05) is 25.1 Å². The number of imidazole rings is 1. The molecule has 0 bridgehead atoms. The monoisotopic (exact) mass is 300 g/mol. The molecule has 3 rings (SSSR count). The number of ether oxygens (including phenoxy) is 1. The Kier molecular flexibility index (Phi) is 3.88. The van der Waals surface area contributed by atoms with Crippen LogP contribution in [-0.2, 0) is 19.6 Å². The average Bonchev–Trinajstić information content (AvgIpc) is 2.84. The van der Waals surface area contributed by atoms with Gasteiger partial charge in [0.25, 0.3) is 0 Å². The van der Waals surface area contributed by atoms with E-state index in [9.17, 15) is 9.90 Å². The highest BCUT2D eigenvalue weighted by molar-refractivity contribution is 5.87. The highest BCUT2D eigenvalue weighted by atomic mass is 16.5. The third-order valence-electron chi connectivity index (χ3n) is 4.19. The molecular formula is C17H20N2O3. The Morgan fingerprint density at radius 3 is 2.95 bits per heavy atom. The lowest BCUT2D eigenvalue weighted by molar-refractivity contribution is 0.0688. The molecule has 5 heteroatoms. The number of para-hydroxylation sites is 1. The fraction of sp³-hybridized carbons (Fsp3) is 0.412. The van der Waals surface area contributed by atoms with E-state index in [2.05, 4.69) is 11.9 Å². The fourth-order valence-corrected chi connectivity index (χ4v) is 2.93. The third-order valence-corrected chi connectivity index (χ3v) is 4.19. The summed E-state index contributed by atoms with van der Waals surface area (Å²) in [4.78, 5) is 15.7. The Hall–Kier alpha value is -2.30. The van der Waals surface area contributed by atoms with Crippen LogP contribution in [0.3, 0.4) is 0 Å². The van der Waals surface area contributed by atoms with Gasteiger partial charge in [0.1, 0.15) is 18.2 Å². The van der Waals surface area contributed by atoms with E-state index in [1.54, 1.807) is 0 Å². The number of hydrogen-bond donors (Lipinski definition) is 1. The number of fused-ring (bicyclic) bond motifs is 1. The highest BCUT2D eigenvalue weighted by Crippen LogP contribution is 2.26. The number of carboxylic acids is 1. The van der Waals surface area contributed by atoms with Gasteiger partial charge in [-0.2, -0.15) is 0 Å². The zero-order valence-corrected chi connectivity index (χ0v) is 12.9. The predicted octanol–water partition coefficient (Wildman–Crippen LogP) is 3.05. The summed E-state index contributed by atoms with van der Waals surface area (Å²) in [6.45, 7) is 5.23. The SMILES string of the molecule is Cc1ccccc1OCc1nc(C(=O)O)c2n1CCC(C)C2. The minimum atomic E-state index is -0.958. The van der Waals surface area contributed by atoms with Crippen LogP contribution in [0.25, 0.3) is 0 Å². The van der Waals surface area contributed by atoms with Gasteiger partial charge in [-0.25, -0.2) is 9.78 Å². The summed E-state index contributed by atoms with van der Waals surface area (Å²) in [5.74, 6) is 1.04. The summed E-state index contributed by atoms with van der Waals surface area (Å²) in [6.07, 6.45) is 1.80. The zero-order chi connectivity index (χ0) is 15.7. The van der Waals surface area contributed by atoms with Gasteiger partial charge in [-0.05, 0) is 37.3 Å². The number of aromatic nitrogens is 2. The fourth-order valence-electron chi connectivity index (χ4n) is 2.93. The minimum absolute atomic E-state index is 0.176. The molecule has 2 heterocycles. The molecule has 1 aromatic heterocycles. The number of aromatic carboxylic acids is 1. The van der Waals surface area contributed by atoms with Crippen molar-refractivity contribution in [2.24, 2.45) is 5.92 Å². The maximum atomic E-state index is 11.4. The van der Waals surface area contributed by atoms with E-state index in [0.717, 1.165) is 36.4 Å². The normalized spacial score (nSPS) is 17.1. The molecule has 1 N–H and O–H groups in total. The molecule has 0 radical (unpaired) electrons. The second-order valence-electron chi connectivity index (χ2n) is 5.93. The first-order chi connectivity index (χ1) is 10.6. The van der Waals surface area contributed by atoms with E-state index in [-0.39, 0.29) is 5.69 Å². The Balaban J connectivity index is 1.87. The first-order valence-corrected chi connectivity index (χ1v) is 7.56. The smallest absolute Gasteiger partial charge is 0.356 e. The van der Waals surface area contributed by atoms with Gasteiger partial charge in [0, 0.05) is 6.54 Å². The maximum Gasteiger partial charge on any atom is 0.356 e. The van der Waals surface area contributed by atoms with Crippen LogP contribution in [0.4, 0.5) is 0 Å². The van der Waals surface area contributed by atoms with Crippen molar-refractivity contribution in [3.05, 3.63) is 47.0 Å². The predicted molar refractivity (Wildman–Crippen MR) is 82.2 cm³/mol. The number of rotatable bonds is 4. The molecule has 116 valence electrons. The lowest BCUT2D eigenvalue weighted by atomic mass is 9.97. The molecule has 0 saturated carbocycles. The van der Waals surface area contributed by atoms with Crippen molar-refractivity contribution in [2.45, 2.75) is 39.8 Å². The van der Waals surface area contributed by atoms with Crippen LogP contribution in [0, 0.1) is 12.8 Å². The molecule has 1 atom stereocenters. The van der Waals surface area contributed by atoms with E-state index in [4.69, 9.17) is 4.74 Å². The molecule has 2 aromatic rings.